The zero-order chi connectivity index (χ0) is 21.3. The molecule has 1 aliphatic heterocycles. The Bertz CT molecular complexity index is 1230. The smallest absolute Gasteiger partial charge is 0.336 e. The lowest BCUT2D eigenvalue weighted by Gasteiger charge is -2.23. The van der Waals surface area contributed by atoms with Gasteiger partial charge in [-0.3, -0.25) is 9.59 Å². The Balaban J connectivity index is 1.53. The fourth-order valence-electron chi connectivity index (χ4n) is 3.26. The fraction of sp³-hybridized carbons (Fsp3) is 0.182. The number of carbonyl (C=O) groups is 2. The molecular weight excluding hydrogens is 389 g/mol. The van der Waals surface area contributed by atoms with Gasteiger partial charge in [0.1, 0.15) is 17.1 Å². The summed E-state index contributed by atoms with van der Waals surface area (Å²) in [6.45, 7) is 1.96. The van der Waals surface area contributed by atoms with Gasteiger partial charge in [-0.2, -0.15) is 5.10 Å². The number of hydrogen-bond donors (Lipinski definition) is 1. The van der Waals surface area contributed by atoms with Gasteiger partial charge in [0.2, 0.25) is 5.91 Å². The Hall–Kier alpha value is -3.81. The van der Waals surface area contributed by atoms with Crippen molar-refractivity contribution < 1.29 is 18.4 Å². The van der Waals surface area contributed by atoms with Crippen LogP contribution in [0, 0.1) is 12.7 Å². The van der Waals surface area contributed by atoms with Crippen LogP contribution in [0.3, 0.4) is 0 Å². The summed E-state index contributed by atoms with van der Waals surface area (Å²) >= 11 is 0. The third kappa shape index (κ3) is 4.12. The lowest BCUT2D eigenvalue weighted by molar-refractivity contribution is -0.132. The van der Waals surface area contributed by atoms with Crippen LogP contribution in [0.4, 0.5) is 10.1 Å². The van der Waals surface area contributed by atoms with E-state index in [4.69, 9.17) is 4.42 Å². The first-order valence-electron chi connectivity index (χ1n) is 9.37. The number of aryl methyl sites for hydroxylation is 1. The van der Waals surface area contributed by atoms with Gasteiger partial charge in [0.05, 0.1) is 6.54 Å². The number of halogens is 1. The second-order valence-corrected chi connectivity index (χ2v) is 7.04. The van der Waals surface area contributed by atoms with Crippen LogP contribution in [0.25, 0.3) is 11.0 Å². The molecule has 0 saturated carbocycles. The second kappa shape index (κ2) is 7.90. The van der Waals surface area contributed by atoms with Gasteiger partial charge >= 0.3 is 5.63 Å². The summed E-state index contributed by atoms with van der Waals surface area (Å²) in [5, 5.41) is 8.91. The first kappa shape index (κ1) is 19.5. The highest BCUT2D eigenvalue weighted by Crippen LogP contribution is 2.21. The molecule has 0 aliphatic carbocycles. The first-order valence-corrected chi connectivity index (χ1v) is 9.37. The molecule has 0 atom stereocenters. The van der Waals surface area contributed by atoms with Crippen LogP contribution in [-0.4, -0.2) is 22.5 Å². The minimum absolute atomic E-state index is 0.149. The van der Waals surface area contributed by atoms with Crippen LogP contribution < -0.4 is 10.9 Å². The third-order valence-electron chi connectivity index (χ3n) is 4.82. The summed E-state index contributed by atoms with van der Waals surface area (Å²) in [4.78, 5) is 36.4. The average Bonchev–Trinajstić information content (AvgIpc) is 2.71. The maximum absolute atomic E-state index is 13.1. The summed E-state index contributed by atoms with van der Waals surface area (Å²) in [7, 11) is 0. The van der Waals surface area contributed by atoms with Gasteiger partial charge in [-0.05, 0) is 42.3 Å². The summed E-state index contributed by atoms with van der Waals surface area (Å²) in [5.41, 5.74) is 2.06. The lowest BCUT2D eigenvalue weighted by atomic mass is 10.1. The molecule has 1 aliphatic rings. The molecule has 2 heterocycles. The predicted molar refractivity (Wildman–Crippen MR) is 109 cm³/mol. The quantitative estimate of drug-likeness (QED) is 0.672. The minimum atomic E-state index is -0.463. The maximum atomic E-state index is 13.1. The van der Waals surface area contributed by atoms with E-state index in [1.807, 2.05) is 0 Å². The van der Waals surface area contributed by atoms with E-state index in [2.05, 4.69) is 10.4 Å². The van der Waals surface area contributed by atoms with E-state index in [1.165, 1.54) is 23.2 Å². The van der Waals surface area contributed by atoms with Crippen molar-refractivity contribution in [1.29, 1.82) is 0 Å². The van der Waals surface area contributed by atoms with Crippen molar-refractivity contribution in [2.75, 3.05) is 5.32 Å². The summed E-state index contributed by atoms with van der Waals surface area (Å²) < 4.78 is 18.3. The molecule has 1 N–H and O–H groups in total. The van der Waals surface area contributed by atoms with Gasteiger partial charge in [0.25, 0.3) is 5.91 Å². The number of nitrogens with zero attached hydrogens (tertiary/aromatic N) is 2. The van der Waals surface area contributed by atoms with Crippen LogP contribution >= 0.6 is 0 Å². The SMILES string of the molecule is Cc1cc(=O)oc2cc(NC(=O)C3=NN(Cc4ccc(F)cc4)C(=O)CC3)ccc12. The van der Waals surface area contributed by atoms with E-state index in [-0.39, 0.29) is 36.8 Å². The van der Waals surface area contributed by atoms with E-state index in [1.54, 1.807) is 37.3 Å². The topological polar surface area (TPSA) is 92.0 Å². The third-order valence-corrected chi connectivity index (χ3v) is 4.82. The molecule has 30 heavy (non-hydrogen) atoms. The van der Waals surface area contributed by atoms with Crippen molar-refractivity contribution >= 4 is 34.2 Å². The van der Waals surface area contributed by atoms with E-state index in [0.717, 1.165) is 10.9 Å². The number of fused-ring (bicyclic) bond motifs is 1. The number of hydrazone groups is 1. The highest BCUT2D eigenvalue weighted by molar-refractivity contribution is 6.43. The predicted octanol–water partition coefficient (Wildman–Crippen LogP) is 3.36. The van der Waals surface area contributed by atoms with Gasteiger partial charge in [-0.15, -0.1) is 0 Å². The number of benzene rings is 2. The molecule has 8 heteroatoms. The van der Waals surface area contributed by atoms with E-state index >= 15 is 0 Å². The van der Waals surface area contributed by atoms with Crippen LogP contribution in [0.1, 0.15) is 24.0 Å². The second-order valence-electron chi connectivity index (χ2n) is 7.04. The van der Waals surface area contributed by atoms with Crippen molar-refractivity contribution in [1.82, 2.24) is 5.01 Å². The molecule has 1 aromatic heterocycles. The van der Waals surface area contributed by atoms with Crippen molar-refractivity contribution in [3.63, 3.8) is 0 Å². The Kier molecular flexibility index (Phi) is 5.14. The molecular formula is C22H18FN3O4. The zero-order valence-electron chi connectivity index (χ0n) is 16.1. The minimum Gasteiger partial charge on any atom is -0.423 e. The molecule has 2 aromatic carbocycles. The highest BCUT2D eigenvalue weighted by Gasteiger charge is 2.24. The molecule has 2 amide bonds. The van der Waals surface area contributed by atoms with Crippen molar-refractivity contribution in [3.8, 4) is 0 Å². The van der Waals surface area contributed by atoms with Crippen LogP contribution in [0.2, 0.25) is 0 Å². The van der Waals surface area contributed by atoms with E-state index < -0.39 is 11.5 Å². The average molecular weight is 407 g/mol. The Morgan fingerprint density at radius 3 is 2.67 bits per heavy atom. The highest BCUT2D eigenvalue weighted by atomic mass is 19.1. The van der Waals surface area contributed by atoms with Crippen molar-refractivity contribution in [3.05, 3.63) is 75.9 Å². The van der Waals surface area contributed by atoms with E-state index in [0.29, 0.717) is 16.8 Å². The standard InChI is InChI=1S/C22H18FN3O4/c1-13-10-21(28)30-19-11-16(6-7-17(13)19)24-22(29)18-8-9-20(27)26(25-18)12-14-2-4-15(23)5-3-14/h2-7,10-11H,8-9,12H2,1H3,(H,24,29). The van der Waals surface area contributed by atoms with Crippen LogP contribution in [0.15, 0.2) is 62.8 Å². The molecule has 0 fully saturated rings. The van der Waals surface area contributed by atoms with Crippen LogP contribution in [0.5, 0.6) is 0 Å². The molecule has 152 valence electrons. The molecule has 0 saturated heterocycles. The number of amides is 2. The Morgan fingerprint density at radius 1 is 1.13 bits per heavy atom. The number of nitrogens with one attached hydrogen (secondary N) is 1. The molecule has 3 aromatic rings. The van der Waals surface area contributed by atoms with Gasteiger partial charge in [-0.25, -0.2) is 14.2 Å². The molecule has 0 unspecified atom stereocenters. The number of rotatable bonds is 4. The largest absolute Gasteiger partial charge is 0.423 e. The van der Waals surface area contributed by atoms with Gasteiger partial charge in [-0.1, -0.05) is 12.1 Å². The zero-order valence-corrected chi connectivity index (χ0v) is 16.1. The van der Waals surface area contributed by atoms with Crippen molar-refractivity contribution in [2.45, 2.75) is 26.3 Å². The molecule has 7 nitrogen and oxygen atoms in total. The monoisotopic (exact) mass is 407 g/mol. The molecule has 0 spiro atoms. The van der Waals surface area contributed by atoms with Gasteiger partial charge in [0.15, 0.2) is 0 Å². The Morgan fingerprint density at radius 2 is 1.90 bits per heavy atom. The van der Waals surface area contributed by atoms with Gasteiger partial charge in [0, 0.05) is 36.0 Å². The summed E-state index contributed by atoms with van der Waals surface area (Å²) in [6, 6.07) is 12.2. The molecule has 0 bridgehead atoms. The molecule has 0 radical (unpaired) electrons. The number of anilines is 1. The first-order chi connectivity index (χ1) is 14.4. The Labute approximate surface area is 170 Å². The summed E-state index contributed by atoms with van der Waals surface area (Å²) in [6.07, 6.45) is 0.367. The van der Waals surface area contributed by atoms with Crippen LogP contribution in [-0.2, 0) is 16.1 Å². The van der Waals surface area contributed by atoms with Gasteiger partial charge < -0.3 is 9.73 Å². The molecule has 4 rings (SSSR count). The number of hydrogen-bond acceptors (Lipinski definition) is 5. The van der Waals surface area contributed by atoms with E-state index in [9.17, 15) is 18.8 Å². The number of carbonyl (C=O) groups excluding carboxylic acids is 2. The lowest BCUT2D eigenvalue weighted by Crippen LogP contribution is -2.36. The fourth-order valence-corrected chi connectivity index (χ4v) is 3.26. The van der Waals surface area contributed by atoms with Crippen molar-refractivity contribution in [2.24, 2.45) is 5.10 Å². The maximum Gasteiger partial charge on any atom is 0.336 e. The normalized spacial score (nSPS) is 14.0. The summed E-state index contributed by atoms with van der Waals surface area (Å²) in [5.74, 6) is -1.02.